The van der Waals surface area contributed by atoms with Crippen molar-refractivity contribution >= 4 is 34.0 Å². The minimum atomic E-state index is 0.687. The molecule has 1 aromatic heterocycles. The highest BCUT2D eigenvalue weighted by atomic mass is 127. The maximum atomic E-state index is 5.67. The number of benzene rings is 1. The van der Waals surface area contributed by atoms with E-state index < -0.39 is 0 Å². The predicted octanol–water partition coefficient (Wildman–Crippen LogP) is 2.21. The normalized spacial score (nSPS) is 10.2. The fourth-order valence-corrected chi connectivity index (χ4v) is 1.98. The maximum Gasteiger partial charge on any atom is 0.125 e. The van der Waals surface area contributed by atoms with Crippen LogP contribution in [0.2, 0.25) is 0 Å². The lowest BCUT2D eigenvalue weighted by Crippen LogP contribution is -2.02. The Kier molecular flexibility index (Phi) is 3.10. The van der Waals surface area contributed by atoms with Crippen molar-refractivity contribution in [1.29, 1.82) is 0 Å². The molecular formula is C10H11IN4. The number of aromatic nitrogens is 2. The van der Waals surface area contributed by atoms with Crippen LogP contribution < -0.4 is 11.1 Å². The van der Waals surface area contributed by atoms with Crippen molar-refractivity contribution in [1.82, 2.24) is 9.97 Å². The van der Waals surface area contributed by atoms with Gasteiger partial charge in [0.05, 0.1) is 6.54 Å². The summed E-state index contributed by atoms with van der Waals surface area (Å²) in [6.45, 7) is 0.687. The monoisotopic (exact) mass is 314 g/mol. The quantitative estimate of drug-likeness (QED) is 0.601. The van der Waals surface area contributed by atoms with Gasteiger partial charge in [0.25, 0.3) is 0 Å². The molecule has 5 heteroatoms. The minimum absolute atomic E-state index is 0.687. The zero-order valence-corrected chi connectivity index (χ0v) is 10.2. The van der Waals surface area contributed by atoms with Crippen molar-refractivity contribution in [3.05, 3.63) is 40.0 Å². The van der Waals surface area contributed by atoms with E-state index in [1.54, 1.807) is 6.20 Å². The van der Waals surface area contributed by atoms with Crippen LogP contribution in [0.25, 0.3) is 0 Å². The third-order valence-corrected chi connectivity index (χ3v) is 2.89. The molecule has 0 bridgehead atoms. The van der Waals surface area contributed by atoms with Crippen LogP contribution in [0, 0.1) is 3.57 Å². The van der Waals surface area contributed by atoms with Crippen LogP contribution in [0.3, 0.4) is 0 Å². The summed E-state index contributed by atoms with van der Waals surface area (Å²) < 4.78 is 1.11. The Morgan fingerprint density at radius 1 is 1.47 bits per heavy atom. The second-order valence-corrected chi connectivity index (χ2v) is 4.29. The van der Waals surface area contributed by atoms with Gasteiger partial charge in [0.1, 0.15) is 5.82 Å². The molecule has 0 fully saturated rings. The number of hydrogen-bond donors (Lipinski definition) is 3. The van der Waals surface area contributed by atoms with Gasteiger partial charge in [-0.2, -0.15) is 0 Å². The van der Waals surface area contributed by atoms with E-state index in [-0.39, 0.29) is 0 Å². The number of aromatic amines is 1. The lowest BCUT2D eigenvalue weighted by Gasteiger charge is -2.07. The first-order valence-corrected chi connectivity index (χ1v) is 5.61. The molecule has 0 radical (unpaired) electrons. The molecule has 0 unspecified atom stereocenters. The Hall–Kier alpha value is -1.24. The van der Waals surface area contributed by atoms with Gasteiger partial charge in [-0.1, -0.05) is 0 Å². The van der Waals surface area contributed by atoms with E-state index in [1.807, 2.05) is 24.4 Å². The minimum Gasteiger partial charge on any atom is -0.399 e. The molecule has 0 spiro atoms. The highest BCUT2D eigenvalue weighted by Crippen LogP contribution is 2.20. The highest BCUT2D eigenvalue weighted by Gasteiger charge is 2.00. The van der Waals surface area contributed by atoms with Crippen molar-refractivity contribution in [3.63, 3.8) is 0 Å². The maximum absolute atomic E-state index is 5.67. The van der Waals surface area contributed by atoms with E-state index in [2.05, 4.69) is 37.9 Å². The third kappa shape index (κ3) is 2.62. The summed E-state index contributed by atoms with van der Waals surface area (Å²) >= 11 is 2.25. The first-order chi connectivity index (χ1) is 7.25. The van der Waals surface area contributed by atoms with Crippen molar-refractivity contribution in [2.75, 3.05) is 11.1 Å². The van der Waals surface area contributed by atoms with Crippen LogP contribution in [-0.2, 0) is 6.54 Å². The first kappa shape index (κ1) is 10.3. The second-order valence-electron chi connectivity index (χ2n) is 3.13. The van der Waals surface area contributed by atoms with Crippen molar-refractivity contribution in [2.24, 2.45) is 0 Å². The second kappa shape index (κ2) is 4.52. The highest BCUT2D eigenvalue weighted by molar-refractivity contribution is 14.1. The Bertz CT molecular complexity index is 439. The molecule has 0 aliphatic rings. The van der Waals surface area contributed by atoms with Crippen molar-refractivity contribution in [2.45, 2.75) is 6.54 Å². The zero-order chi connectivity index (χ0) is 10.7. The SMILES string of the molecule is Nc1ccc(NCc2ncc[nH]2)c(I)c1. The molecule has 2 aromatic rings. The fraction of sp³-hybridized carbons (Fsp3) is 0.100. The molecule has 0 amide bonds. The van der Waals surface area contributed by atoms with Crippen LogP contribution in [-0.4, -0.2) is 9.97 Å². The summed E-state index contributed by atoms with van der Waals surface area (Å²) in [5.74, 6) is 0.919. The van der Waals surface area contributed by atoms with Gasteiger partial charge >= 0.3 is 0 Å². The van der Waals surface area contributed by atoms with Gasteiger partial charge in [0.15, 0.2) is 0 Å². The van der Waals surface area contributed by atoms with Crippen molar-refractivity contribution < 1.29 is 0 Å². The van der Waals surface area contributed by atoms with Gasteiger partial charge in [0, 0.05) is 27.3 Å². The van der Waals surface area contributed by atoms with E-state index >= 15 is 0 Å². The van der Waals surface area contributed by atoms with Crippen LogP contribution in [0.4, 0.5) is 11.4 Å². The van der Waals surface area contributed by atoms with Gasteiger partial charge in [-0.25, -0.2) is 4.98 Å². The molecule has 78 valence electrons. The Labute approximate surface area is 101 Å². The zero-order valence-electron chi connectivity index (χ0n) is 8.00. The topological polar surface area (TPSA) is 66.7 Å². The number of nitrogens with two attached hydrogens (primary N) is 1. The largest absolute Gasteiger partial charge is 0.399 e. The van der Waals surface area contributed by atoms with Crippen LogP contribution in [0.1, 0.15) is 5.82 Å². The standard InChI is InChI=1S/C10H11IN4/c11-8-5-7(12)1-2-9(8)15-6-10-13-3-4-14-10/h1-5,15H,6,12H2,(H,13,14). The lowest BCUT2D eigenvalue weighted by atomic mass is 10.3. The first-order valence-electron chi connectivity index (χ1n) is 4.53. The lowest BCUT2D eigenvalue weighted by molar-refractivity contribution is 0.999. The van der Waals surface area contributed by atoms with Crippen LogP contribution >= 0.6 is 22.6 Å². The van der Waals surface area contributed by atoms with Crippen molar-refractivity contribution in [3.8, 4) is 0 Å². The molecule has 0 atom stereocenters. The molecule has 2 rings (SSSR count). The average Bonchev–Trinajstić information content (AvgIpc) is 2.69. The summed E-state index contributed by atoms with van der Waals surface area (Å²) in [6, 6.07) is 5.79. The molecule has 15 heavy (non-hydrogen) atoms. The van der Waals surface area contributed by atoms with E-state index in [1.165, 1.54) is 0 Å². The molecule has 0 saturated carbocycles. The number of hydrogen-bond acceptors (Lipinski definition) is 3. The number of H-pyrrole nitrogens is 1. The average molecular weight is 314 g/mol. The Morgan fingerprint density at radius 2 is 2.33 bits per heavy atom. The number of anilines is 2. The number of imidazole rings is 1. The van der Waals surface area contributed by atoms with E-state index in [0.717, 1.165) is 20.8 Å². The summed E-state index contributed by atoms with van der Waals surface area (Å²) in [5.41, 5.74) is 7.52. The smallest absolute Gasteiger partial charge is 0.125 e. The molecule has 4 nitrogen and oxygen atoms in total. The Balaban J connectivity index is 2.05. The van der Waals surface area contributed by atoms with E-state index in [4.69, 9.17) is 5.73 Å². The molecule has 0 aliphatic heterocycles. The molecule has 0 saturated heterocycles. The predicted molar refractivity (Wildman–Crippen MR) is 69.5 cm³/mol. The van der Waals surface area contributed by atoms with Gasteiger partial charge in [-0.05, 0) is 40.8 Å². The summed E-state index contributed by atoms with van der Waals surface area (Å²) in [7, 11) is 0. The number of halogens is 1. The van der Waals surface area contributed by atoms with Gasteiger partial charge in [-0.3, -0.25) is 0 Å². The summed E-state index contributed by atoms with van der Waals surface area (Å²) in [4.78, 5) is 7.17. The molecule has 1 aromatic carbocycles. The molecule has 0 aliphatic carbocycles. The summed E-state index contributed by atoms with van der Waals surface area (Å²) in [6.07, 6.45) is 3.55. The fourth-order valence-electron chi connectivity index (χ4n) is 1.25. The third-order valence-electron chi connectivity index (χ3n) is 1.99. The number of rotatable bonds is 3. The van der Waals surface area contributed by atoms with Gasteiger partial charge in [0.2, 0.25) is 0 Å². The Morgan fingerprint density at radius 3 is 3.00 bits per heavy atom. The van der Waals surface area contributed by atoms with Gasteiger partial charge < -0.3 is 16.0 Å². The van der Waals surface area contributed by atoms with Crippen LogP contribution in [0.15, 0.2) is 30.6 Å². The van der Waals surface area contributed by atoms with Crippen LogP contribution in [0.5, 0.6) is 0 Å². The molecule has 4 N–H and O–H groups in total. The summed E-state index contributed by atoms with van der Waals surface area (Å²) in [5, 5.41) is 3.29. The van der Waals surface area contributed by atoms with E-state index in [0.29, 0.717) is 6.54 Å². The number of nitrogens with zero attached hydrogens (tertiary/aromatic N) is 1. The molecule has 1 heterocycles. The molecular weight excluding hydrogens is 303 g/mol. The number of nitrogen functional groups attached to an aromatic ring is 1. The van der Waals surface area contributed by atoms with E-state index in [9.17, 15) is 0 Å². The number of nitrogens with one attached hydrogen (secondary N) is 2. The van der Waals surface area contributed by atoms with Gasteiger partial charge in [-0.15, -0.1) is 0 Å².